The molecule has 2 aromatic rings. The Labute approximate surface area is 161 Å². The molecule has 1 aromatic carbocycles. The fourth-order valence-corrected chi connectivity index (χ4v) is 3.08. The molecule has 28 heavy (non-hydrogen) atoms. The van der Waals surface area contributed by atoms with E-state index in [-0.39, 0.29) is 5.56 Å². The van der Waals surface area contributed by atoms with Crippen molar-refractivity contribution in [2.45, 2.75) is 6.92 Å². The van der Waals surface area contributed by atoms with Gasteiger partial charge >= 0.3 is 5.69 Å². The highest BCUT2D eigenvalue weighted by Gasteiger charge is 2.18. The lowest BCUT2D eigenvalue weighted by Crippen LogP contribution is -2.38. The van der Waals surface area contributed by atoms with Crippen molar-refractivity contribution in [2.24, 2.45) is 4.99 Å². The van der Waals surface area contributed by atoms with Crippen molar-refractivity contribution in [1.82, 2.24) is 14.5 Å². The second kappa shape index (κ2) is 8.85. The molecule has 0 spiro atoms. The Morgan fingerprint density at radius 1 is 1.25 bits per heavy atom. The summed E-state index contributed by atoms with van der Waals surface area (Å²) < 4.78 is 11.5. The lowest BCUT2D eigenvalue weighted by atomic mass is 10.2. The summed E-state index contributed by atoms with van der Waals surface area (Å²) >= 11 is 0. The summed E-state index contributed by atoms with van der Waals surface area (Å²) in [5.74, 6) is 0.174. The van der Waals surface area contributed by atoms with E-state index in [2.05, 4.69) is 14.9 Å². The number of aliphatic imine (C=N–C) groups is 1. The maximum absolute atomic E-state index is 12.3. The average molecular weight is 388 g/mol. The van der Waals surface area contributed by atoms with Crippen LogP contribution in [-0.4, -0.2) is 71.8 Å². The zero-order valence-corrected chi connectivity index (χ0v) is 16.0. The minimum Gasteiger partial charge on any atom is -0.497 e. The Morgan fingerprint density at radius 3 is 2.57 bits per heavy atom. The number of aromatic hydroxyl groups is 1. The molecule has 1 aromatic heterocycles. The fourth-order valence-electron chi connectivity index (χ4n) is 3.08. The number of H-pyrrole nitrogens is 1. The first-order chi connectivity index (χ1) is 13.5. The van der Waals surface area contributed by atoms with Crippen molar-refractivity contribution < 1.29 is 14.6 Å². The number of benzene rings is 1. The predicted octanol–water partition coefficient (Wildman–Crippen LogP) is 0.381. The van der Waals surface area contributed by atoms with Crippen molar-refractivity contribution in [3.8, 4) is 17.3 Å². The van der Waals surface area contributed by atoms with Crippen LogP contribution in [0.25, 0.3) is 5.69 Å². The highest BCUT2D eigenvalue weighted by Crippen LogP contribution is 2.19. The molecular formula is C19H24N4O5. The topological polar surface area (TPSA) is 109 Å². The number of aromatic nitrogens is 2. The molecule has 0 unspecified atom stereocenters. The Kier molecular flexibility index (Phi) is 6.27. The number of hydrogen-bond donors (Lipinski definition) is 2. The number of aromatic amines is 1. The van der Waals surface area contributed by atoms with Crippen molar-refractivity contribution in [3.05, 3.63) is 50.7 Å². The Hall–Kier alpha value is -2.91. The predicted molar refractivity (Wildman–Crippen MR) is 105 cm³/mol. The molecule has 2 heterocycles. The first kappa shape index (κ1) is 19.8. The average Bonchev–Trinajstić information content (AvgIpc) is 2.69. The monoisotopic (exact) mass is 388 g/mol. The molecule has 9 nitrogen and oxygen atoms in total. The van der Waals surface area contributed by atoms with Crippen molar-refractivity contribution in [3.63, 3.8) is 0 Å². The van der Waals surface area contributed by atoms with E-state index in [0.717, 1.165) is 24.2 Å². The molecule has 0 atom stereocenters. The highest BCUT2D eigenvalue weighted by molar-refractivity contribution is 6.00. The summed E-state index contributed by atoms with van der Waals surface area (Å²) in [5, 5.41) is 10.7. The van der Waals surface area contributed by atoms with Crippen LogP contribution in [0.4, 0.5) is 0 Å². The molecule has 9 heteroatoms. The molecule has 0 saturated carbocycles. The molecule has 0 amide bonds. The minimum absolute atomic E-state index is 0.0163. The van der Waals surface area contributed by atoms with Crippen LogP contribution in [0.5, 0.6) is 11.6 Å². The molecule has 0 aliphatic carbocycles. The standard InChI is InChI=1S/C19H24N4O5/c1-13(20-7-8-22-9-11-28-12-10-22)16-17(24)21-19(26)23(18(16)25)14-3-5-15(27-2)6-4-14/h3-6,25H,7-12H2,1-2H3,(H,21,24,26). The Morgan fingerprint density at radius 2 is 1.93 bits per heavy atom. The van der Waals surface area contributed by atoms with Gasteiger partial charge in [-0.15, -0.1) is 0 Å². The van der Waals surface area contributed by atoms with Gasteiger partial charge in [0.2, 0.25) is 5.88 Å². The molecule has 150 valence electrons. The summed E-state index contributed by atoms with van der Waals surface area (Å²) in [5.41, 5.74) is -0.633. The van der Waals surface area contributed by atoms with Gasteiger partial charge in [-0.05, 0) is 31.2 Å². The number of morpholine rings is 1. The van der Waals surface area contributed by atoms with E-state index in [0.29, 0.717) is 36.9 Å². The lowest BCUT2D eigenvalue weighted by molar-refractivity contribution is 0.0394. The van der Waals surface area contributed by atoms with Crippen molar-refractivity contribution in [1.29, 1.82) is 0 Å². The number of methoxy groups -OCH3 is 1. The summed E-state index contributed by atoms with van der Waals surface area (Å²) in [7, 11) is 1.54. The maximum atomic E-state index is 12.3. The van der Waals surface area contributed by atoms with Gasteiger partial charge in [0.15, 0.2) is 0 Å². The molecule has 0 radical (unpaired) electrons. The van der Waals surface area contributed by atoms with Gasteiger partial charge in [-0.3, -0.25) is 19.7 Å². The number of nitrogens with one attached hydrogen (secondary N) is 1. The van der Waals surface area contributed by atoms with Gasteiger partial charge < -0.3 is 14.6 Å². The number of rotatable bonds is 6. The van der Waals surface area contributed by atoms with Gasteiger partial charge in [0.25, 0.3) is 5.56 Å². The van der Waals surface area contributed by atoms with Crippen LogP contribution < -0.4 is 16.0 Å². The quantitative estimate of drug-likeness (QED) is 0.693. The number of nitrogens with zero attached hydrogens (tertiary/aromatic N) is 3. The zero-order valence-electron chi connectivity index (χ0n) is 16.0. The summed E-state index contributed by atoms with van der Waals surface area (Å²) in [4.78, 5) is 33.5. The van der Waals surface area contributed by atoms with E-state index in [1.165, 1.54) is 7.11 Å². The van der Waals surface area contributed by atoms with Crippen LogP contribution in [-0.2, 0) is 4.74 Å². The minimum atomic E-state index is -0.725. The Bertz CT molecular complexity index is 956. The normalized spacial score (nSPS) is 15.6. The van der Waals surface area contributed by atoms with Crippen LogP contribution in [0.15, 0.2) is 38.8 Å². The first-order valence-corrected chi connectivity index (χ1v) is 9.05. The third kappa shape index (κ3) is 4.32. The number of hydrogen-bond acceptors (Lipinski definition) is 7. The van der Waals surface area contributed by atoms with E-state index in [1.54, 1.807) is 31.2 Å². The van der Waals surface area contributed by atoms with Crippen LogP contribution in [0.3, 0.4) is 0 Å². The molecule has 3 rings (SSSR count). The zero-order chi connectivity index (χ0) is 20.1. The van der Waals surface area contributed by atoms with Crippen molar-refractivity contribution >= 4 is 5.71 Å². The van der Waals surface area contributed by atoms with E-state index in [1.807, 2.05) is 0 Å². The largest absolute Gasteiger partial charge is 0.497 e. The second-order valence-electron chi connectivity index (χ2n) is 6.41. The van der Waals surface area contributed by atoms with Gasteiger partial charge in [-0.25, -0.2) is 9.36 Å². The first-order valence-electron chi connectivity index (χ1n) is 9.05. The van der Waals surface area contributed by atoms with E-state index < -0.39 is 17.1 Å². The van der Waals surface area contributed by atoms with Gasteiger partial charge in [0.05, 0.1) is 32.6 Å². The molecular weight excluding hydrogens is 364 g/mol. The Balaban J connectivity index is 1.88. The van der Waals surface area contributed by atoms with Gasteiger partial charge in [-0.1, -0.05) is 0 Å². The number of ether oxygens (including phenoxy) is 2. The SMILES string of the molecule is COc1ccc(-n2c(O)c(C(C)=NCCN3CCOCC3)c(=O)[nH]c2=O)cc1. The molecule has 0 bridgehead atoms. The molecule has 2 N–H and O–H groups in total. The van der Waals surface area contributed by atoms with Gasteiger partial charge in [0.1, 0.15) is 11.3 Å². The smallest absolute Gasteiger partial charge is 0.335 e. The summed E-state index contributed by atoms with van der Waals surface area (Å²) in [6, 6.07) is 6.56. The third-order valence-corrected chi connectivity index (χ3v) is 4.65. The molecule has 1 fully saturated rings. The van der Waals surface area contributed by atoms with Crippen molar-refractivity contribution in [2.75, 3.05) is 46.5 Å². The lowest BCUT2D eigenvalue weighted by Gasteiger charge is -2.25. The van der Waals surface area contributed by atoms with Crippen LogP contribution in [0.1, 0.15) is 12.5 Å². The van der Waals surface area contributed by atoms with Crippen LogP contribution in [0.2, 0.25) is 0 Å². The second-order valence-corrected chi connectivity index (χ2v) is 6.41. The van der Waals surface area contributed by atoms with Gasteiger partial charge in [0, 0.05) is 25.3 Å². The molecule has 1 aliphatic rings. The van der Waals surface area contributed by atoms with E-state index in [4.69, 9.17) is 9.47 Å². The van der Waals surface area contributed by atoms with Crippen LogP contribution >= 0.6 is 0 Å². The maximum Gasteiger partial charge on any atom is 0.335 e. The van der Waals surface area contributed by atoms with Crippen LogP contribution in [0, 0.1) is 0 Å². The molecule has 1 aliphatic heterocycles. The highest BCUT2D eigenvalue weighted by atomic mass is 16.5. The molecule has 1 saturated heterocycles. The summed E-state index contributed by atoms with van der Waals surface area (Å²) in [6.07, 6.45) is 0. The summed E-state index contributed by atoms with van der Waals surface area (Å²) in [6.45, 7) is 5.97. The van der Waals surface area contributed by atoms with E-state index >= 15 is 0 Å². The third-order valence-electron chi connectivity index (χ3n) is 4.65. The fraction of sp³-hybridized carbons (Fsp3) is 0.421. The van der Waals surface area contributed by atoms with Gasteiger partial charge in [-0.2, -0.15) is 0 Å². The van der Waals surface area contributed by atoms with E-state index in [9.17, 15) is 14.7 Å².